The second-order valence-corrected chi connectivity index (χ2v) is 12.6. The molecule has 3 atom stereocenters. The number of benzene rings is 1. The molecule has 14 heteroatoms. The summed E-state index contributed by atoms with van der Waals surface area (Å²) in [5.41, 5.74) is -0.296. The third kappa shape index (κ3) is 5.79. The summed E-state index contributed by atoms with van der Waals surface area (Å²) >= 11 is 7.71. The van der Waals surface area contributed by atoms with Crippen LogP contribution in [0.3, 0.4) is 0 Å². The third-order valence-corrected chi connectivity index (χ3v) is 9.28. The number of nitrogens with one attached hydrogen (secondary N) is 1. The third-order valence-electron chi connectivity index (χ3n) is 8.17. The number of aromatic nitrogens is 1. The summed E-state index contributed by atoms with van der Waals surface area (Å²) in [6.07, 6.45) is 2.28. The minimum absolute atomic E-state index is 0.0463. The van der Waals surface area contributed by atoms with Crippen LogP contribution < -0.4 is 5.32 Å². The van der Waals surface area contributed by atoms with E-state index < -0.39 is 53.8 Å². The van der Waals surface area contributed by atoms with Gasteiger partial charge in [0.2, 0.25) is 0 Å². The Bertz CT molecular complexity index is 1430. The molecule has 42 heavy (non-hydrogen) atoms. The summed E-state index contributed by atoms with van der Waals surface area (Å²) in [4.78, 5) is 37.1. The number of alkyl halides is 2. The van der Waals surface area contributed by atoms with Crippen LogP contribution in [0.2, 0.25) is 5.02 Å². The minimum Gasteiger partial charge on any atom is -0.481 e. The van der Waals surface area contributed by atoms with Gasteiger partial charge in [-0.2, -0.15) is 0 Å². The first-order valence-electron chi connectivity index (χ1n) is 13.4. The normalized spacial score (nSPS) is 24.4. The first-order chi connectivity index (χ1) is 19.8. The number of hydrogen-bond acceptors (Lipinski definition) is 9. The highest BCUT2D eigenvalue weighted by Crippen LogP contribution is 2.43. The molecule has 0 unspecified atom stereocenters. The van der Waals surface area contributed by atoms with Crippen LogP contribution in [0.5, 0.6) is 0 Å². The van der Waals surface area contributed by atoms with Crippen LogP contribution >= 0.6 is 22.9 Å². The van der Waals surface area contributed by atoms with E-state index in [9.17, 15) is 19.1 Å². The number of rotatable bonds is 9. The Morgan fingerprint density at radius 3 is 2.71 bits per heavy atom. The van der Waals surface area contributed by atoms with E-state index in [1.165, 1.54) is 30.6 Å². The second kappa shape index (κ2) is 11.6. The number of methoxy groups -OCH3 is 1. The Morgan fingerprint density at radius 2 is 2.07 bits per heavy atom. The number of carbonyl (C=O) groups excluding carboxylic acids is 1. The number of carbonyl (C=O) groups is 2. The average Bonchev–Trinajstić information content (AvgIpc) is 3.66. The van der Waals surface area contributed by atoms with E-state index in [4.69, 9.17) is 21.3 Å². The maximum atomic E-state index is 15.6. The summed E-state index contributed by atoms with van der Waals surface area (Å²) < 4.78 is 50.2. The number of carboxylic acids is 1. The SMILES string of the molecule is COC(=O)C1=C(CN2CC(F)(F)[C@H]3[C@@H]2CCN3CCC(C)(C)C(=O)O)NC(c2nccs2)=N[C@H]1c1ccc(F)cc1Cl. The van der Waals surface area contributed by atoms with E-state index in [0.717, 1.165) is 6.07 Å². The van der Waals surface area contributed by atoms with Gasteiger partial charge in [0.1, 0.15) is 11.9 Å². The molecule has 0 spiro atoms. The van der Waals surface area contributed by atoms with Crippen LogP contribution in [0, 0.1) is 11.2 Å². The van der Waals surface area contributed by atoms with Crippen molar-refractivity contribution in [2.24, 2.45) is 10.4 Å². The molecule has 2 saturated heterocycles. The van der Waals surface area contributed by atoms with Gasteiger partial charge >= 0.3 is 11.9 Å². The number of esters is 1. The predicted molar refractivity (Wildman–Crippen MR) is 151 cm³/mol. The fourth-order valence-corrected chi connectivity index (χ4v) is 6.73. The van der Waals surface area contributed by atoms with Crippen LogP contribution in [0.25, 0.3) is 0 Å². The number of carboxylic acid groups (broad SMARTS) is 1. The molecule has 9 nitrogen and oxygen atoms in total. The Labute approximate surface area is 250 Å². The topological polar surface area (TPSA) is 107 Å². The van der Waals surface area contributed by atoms with E-state index in [1.54, 1.807) is 35.2 Å². The van der Waals surface area contributed by atoms with Crippen molar-refractivity contribution in [3.8, 4) is 0 Å². The van der Waals surface area contributed by atoms with Crippen molar-refractivity contribution >= 4 is 40.7 Å². The molecule has 1 aromatic carbocycles. The Hall–Kier alpha value is -3.00. The fourth-order valence-electron chi connectivity index (χ4n) is 5.88. The molecule has 2 fully saturated rings. The lowest BCUT2D eigenvalue weighted by Gasteiger charge is -2.31. The molecular formula is C28H31ClF3N5O4S. The minimum atomic E-state index is -3.07. The summed E-state index contributed by atoms with van der Waals surface area (Å²) in [7, 11) is 1.21. The number of aliphatic carboxylic acids is 1. The zero-order valence-corrected chi connectivity index (χ0v) is 24.8. The van der Waals surface area contributed by atoms with Crippen LogP contribution in [0.1, 0.15) is 43.3 Å². The number of ether oxygens (including phenoxy) is 1. The van der Waals surface area contributed by atoms with Gasteiger partial charge in [-0.1, -0.05) is 17.7 Å². The maximum Gasteiger partial charge on any atom is 0.338 e. The Balaban J connectivity index is 1.49. The number of aliphatic imine (C=N–C) groups is 1. The summed E-state index contributed by atoms with van der Waals surface area (Å²) in [5.74, 6) is -5.01. The number of hydrogen-bond donors (Lipinski definition) is 2. The lowest BCUT2D eigenvalue weighted by molar-refractivity contribution is -0.147. The fraction of sp³-hybridized carbons (Fsp3) is 0.500. The van der Waals surface area contributed by atoms with Gasteiger partial charge in [-0.05, 0) is 45.4 Å². The number of halogens is 4. The van der Waals surface area contributed by atoms with Gasteiger partial charge in [-0.15, -0.1) is 11.3 Å². The Morgan fingerprint density at radius 1 is 1.31 bits per heavy atom. The largest absolute Gasteiger partial charge is 0.481 e. The van der Waals surface area contributed by atoms with Gasteiger partial charge in [0.15, 0.2) is 10.8 Å². The summed E-state index contributed by atoms with van der Waals surface area (Å²) in [6, 6.07) is 1.14. The maximum absolute atomic E-state index is 15.6. The van der Waals surface area contributed by atoms with Crippen molar-refractivity contribution in [3.63, 3.8) is 0 Å². The van der Waals surface area contributed by atoms with Crippen molar-refractivity contribution in [1.82, 2.24) is 20.1 Å². The van der Waals surface area contributed by atoms with Crippen LogP contribution in [-0.2, 0) is 14.3 Å². The number of likely N-dealkylation sites (tertiary alicyclic amines) is 2. The highest BCUT2D eigenvalue weighted by Gasteiger charge is 2.59. The number of nitrogens with zero attached hydrogens (tertiary/aromatic N) is 4. The molecule has 0 amide bonds. The monoisotopic (exact) mass is 625 g/mol. The van der Waals surface area contributed by atoms with Crippen molar-refractivity contribution in [2.75, 3.05) is 33.3 Å². The van der Waals surface area contributed by atoms with Gasteiger partial charge in [0.05, 0.1) is 30.7 Å². The molecule has 0 radical (unpaired) electrons. The first kappa shape index (κ1) is 30.5. The van der Waals surface area contributed by atoms with Gasteiger partial charge in [-0.3, -0.25) is 19.6 Å². The van der Waals surface area contributed by atoms with Crippen molar-refractivity contribution < 1.29 is 32.6 Å². The zero-order valence-electron chi connectivity index (χ0n) is 23.2. The van der Waals surface area contributed by atoms with E-state index in [0.29, 0.717) is 35.1 Å². The van der Waals surface area contributed by atoms with Crippen LogP contribution in [-0.4, -0.2) is 89.0 Å². The molecule has 4 heterocycles. The molecule has 3 aliphatic rings. The zero-order chi connectivity index (χ0) is 30.4. The van der Waals surface area contributed by atoms with Gasteiger partial charge in [0.25, 0.3) is 5.92 Å². The number of amidine groups is 1. The molecule has 5 rings (SSSR count). The van der Waals surface area contributed by atoms with Gasteiger partial charge < -0.3 is 15.2 Å². The van der Waals surface area contributed by atoms with Crippen molar-refractivity contribution in [2.45, 2.75) is 50.7 Å². The van der Waals surface area contributed by atoms with Crippen molar-refractivity contribution in [1.29, 1.82) is 0 Å². The van der Waals surface area contributed by atoms with E-state index in [2.05, 4.69) is 10.3 Å². The van der Waals surface area contributed by atoms with Gasteiger partial charge in [0, 0.05) is 47.0 Å². The lowest BCUT2D eigenvalue weighted by atomic mass is 9.89. The molecular weight excluding hydrogens is 595 g/mol. The Kier molecular flexibility index (Phi) is 8.40. The van der Waals surface area contributed by atoms with Crippen molar-refractivity contribution in [3.05, 3.63) is 62.5 Å². The standard InChI is InChI=1S/C28H31ClF3N5O4S/c1-27(2,26(39)40)7-10-36-9-6-19-22(36)28(31,32)14-37(19)13-18-20(25(38)41-3)21(16-5-4-15(30)12-17(16)29)35-23(34-18)24-33-8-11-42-24/h4-5,8,11-12,19,21-22H,6-7,9-10,13-14H2,1-3H3,(H,34,35)(H,39,40)/t19-,21-,22+/m0/s1. The van der Waals surface area contributed by atoms with E-state index in [-0.39, 0.29) is 30.1 Å². The first-order valence-corrected chi connectivity index (χ1v) is 14.7. The molecule has 2 N–H and O–H groups in total. The molecule has 0 saturated carbocycles. The quantitative estimate of drug-likeness (QED) is 0.396. The molecule has 226 valence electrons. The molecule has 0 bridgehead atoms. The van der Waals surface area contributed by atoms with E-state index in [1.807, 2.05) is 0 Å². The average molecular weight is 626 g/mol. The molecule has 3 aliphatic heterocycles. The van der Waals surface area contributed by atoms with Gasteiger partial charge in [-0.25, -0.2) is 22.9 Å². The predicted octanol–water partition coefficient (Wildman–Crippen LogP) is 4.35. The molecule has 2 aromatic rings. The van der Waals surface area contributed by atoms with E-state index >= 15 is 8.78 Å². The smallest absolute Gasteiger partial charge is 0.338 e. The highest BCUT2D eigenvalue weighted by atomic mass is 35.5. The molecule has 0 aliphatic carbocycles. The number of fused-ring (bicyclic) bond motifs is 1. The lowest BCUT2D eigenvalue weighted by Crippen LogP contribution is -2.46. The second-order valence-electron chi connectivity index (χ2n) is 11.3. The summed E-state index contributed by atoms with van der Waals surface area (Å²) in [6.45, 7) is 3.20. The number of thiazole rings is 1. The molecule has 1 aromatic heterocycles. The highest BCUT2D eigenvalue weighted by molar-refractivity contribution is 7.11. The van der Waals surface area contributed by atoms with Crippen LogP contribution in [0.15, 0.2) is 46.0 Å². The summed E-state index contributed by atoms with van der Waals surface area (Å²) in [5, 5.41) is 14.9. The van der Waals surface area contributed by atoms with Crippen LogP contribution in [0.4, 0.5) is 13.2 Å².